The second-order valence-corrected chi connectivity index (χ2v) is 4.83. The lowest BCUT2D eigenvalue weighted by Crippen LogP contribution is -2.34. The van der Waals surface area contributed by atoms with Gasteiger partial charge in [0, 0.05) is 30.9 Å². The second kappa shape index (κ2) is 6.50. The maximum atomic E-state index is 9.46. The molecule has 0 unspecified atom stereocenters. The first-order valence-electron chi connectivity index (χ1n) is 6.56. The van der Waals surface area contributed by atoms with Gasteiger partial charge in [-0.2, -0.15) is 5.10 Å². The van der Waals surface area contributed by atoms with Gasteiger partial charge in [0.15, 0.2) is 0 Å². The van der Waals surface area contributed by atoms with E-state index in [1.54, 1.807) is 0 Å². The van der Waals surface area contributed by atoms with Gasteiger partial charge in [-0.25, -0.2) is 0 Å². The molecule has 1 aromatic heterocycles. The van der Waals surface area contributed by atoms with Gasteiger partial charge in [0.05, 0.1) is 12.8 Å². The molecule has 0 radical (unpaired) electrons. The van der Waals surface area contributed by atoms with Crippen LogP contribution in [0.4, 0.5) is 0 Å². The smallest absolute Gasteiger partial charge is 0.0587 e. The molecule has 0 bridgehead atoms. The van der Waals surface area contributed by atoms with Crippen molar-refractivity contribution in [2.24, 2.45) is 7.05 Å². The fourth-order valence-corrected chi connectivity index (χ4v) is 2.07. The molecule has 4 nitrogen and oxygen atoms in total. The normalized spacial score (nSPS) is 12.6. The molecular formula is C15H21N3O. The molecule has 2 rings (SSSR count). The maximum Gasteiger partial charge on any atom is 0.0587 e. The molecule has 0 fully saturated rings. The summed E-state index contributed by atoms with van der Waals surface area (Å²) >= 11 is 0. The van der Waals surface area contributed by atoms with Crippen LogP contribution in [0.15, 0.2) is 36.5 Å². The van der Waals surface area contributed by atoms with E-state index in [9.17, 15) is 5.11 Å². The summed E-state index contributed by atoms with van der Waals surface area (Å²) in [4.78, 5) is 0. The van der Waals surface area contributed by atoms with E-state index in [0.29, 0.717) is 0 Å². The van der Waals surface area contributed by atoms with Crippen LogP contribution >= 0.6 is 0 Å². The quantitative estimate of drug-likeness (QED) is 0.825. The van der Waals surface area contributed by atoms with E-state index < -0.39 is 0 Å². The van der Waals surface area contributed by atoms with E-state index in [-0.39, 0.29) is 12.6 Å². The number of nitrogens with one attached hydrogen (secondary N) is 1. The number of hydrogen-bond acceptors (Lipinski definition) is 3. The molecule has 1 heterocycles. The molecule has 0 spiro atoms. The molecule has 102 valence electrons. The van der Waals surface area contributed by atoms with Crippen molar-refractivity contribution in [3.63, 3.8) is 0 Å². The highest BCUT2D eigenvalue weighted by molar-refractivity contribution is 5.17. The Morgan fingerprint density at radius 3 is 2.63 bits per heavy atom. The monoisotopic (exact) mass is 259 g/mol. The highest BCUT2D eigenvalue weighted by atomic mass is 16.3. The van der Waals surface area contributed by atoms with Crippen molar-refractivity contribution in [2.45, 2.75) is 25.9 Å². The molecule has 0 aliphatic heterocycles. The topological polar surface area (TPSA) is 50.1 Å². The Bertz CT molecular complexity index is 507. The van der Waals surface area contributed by atoms with Gasteiger partial charge < -0.3 is 10.4 Å². The van der Waals surface area contributed by atoms with Gasteiger partial charge in [0.25, 0.3) is 0 Å². The van der Waals surface area contributed by atoms with E-state index in [1.165, 1.54) is 11.1 Å². The predicted molar refractivity (Wildman–Crippen MR) is 75.8 cm³/mol. The number of aryl methyl sites for hydroxylation is 1. The molecule has 0 saturated carbocycles. The summed E-state index contributed by atoms with van der Waals surface area (Å²) in [6, 6.07) is 10.3. The molecule has 0 saturated heterocycles. The lowest BCUT2D eigenvalue weighted by molar-refractivity contribution is 0.240. The van der Waals surface area contributed by atoms with Crippen LogP contribution in [0.1, 0.15) is 16.8 Å². The zero-order valence-electron chi connectivity index (χ0n) is 11.5. The van der Waals surface area contributed by atoms with Crippen molar-refractivity contribution in [3.05, 3.63) is 53.3 Å². The molecule has 4 heteroatoms. The van der Waals surface area contributed by atoms with Gasteiger partial charge in [-0.1, -0.05) is 30.3 Å². The van der Waals surface area contributed by atoms with Gasteiger partial charge in [-0.15, -0.1) is 0 Å². The Kier molecular flexibility index (Phi) is 4.71. The van der Waals surface area contributed by atoms with Gasteiger partial charge in [-0.3, -0.25) is 4.68 Å². The fourth-order valence-electron chi connectivity index (χ4n) is 2.07. The first-order chi connectivity index (χ1) is 9.20. The Morgan fingerprint density at radius 1 is 1.32 bits per heavy atom. The first kappa shape index (κ1) is 13.8. The van der Waals surface area contributed by atoms with Crippen LogP contribution in [0.3, 0.4) is 0 Å². The van der Waals surface area contributed by atoms with Gasteiger partial charge >= 0.3 is 0 Å². The third-order valence-electron chi connectivity index (χ3n) is 3.46. The van der Waals surface area contributed by atoms with Crippen molar-refractivity contribution in [1.29, 1.82) is 0 Å². The largest absolute Gasteiger partial charge is 0.395 e. The summed E-state index contributed by atoms with van der Waals surface area (Å²) < 4.78 is 1.86. The molecule has 0 aliphatic rings. The standard InChI is InChI=1S/C15H21N3O/c1-12-14(10-17-18(12)2)9-16-15(11-19)8-13-6-4-3-5-7-13/h3-7,10,15-16,19H,8-9,11H2,1-2H3/t15-/m0/s1. The fraction of sp³-hybridized carbons (Fsp3) is 0.400. The van der Waals surface area contributed by atoms with Crippen molar-refractivity contribution >= 4 is 0 Å². The first-order valence-corrected chi connectivity index (χ1v) is 6.56. The molecule has 19 heavy (non-hydrogen) atoms. The number of aliphatic hydroxyl groups excluding tert-OH is 1. The summed E-state index contributed by atoms with van der Waals surface area (Å²) in [5.74, 6) is 0. The SMILES string of the molecule is Cc1c(CN[C@H](CO)Cc2ccccc2)cnn1C. The summed E-state index contributed by atoms with van der Waals surface area (Å²) in [5.41, 5.74) is 3.56. The molecule has 2 aromatic rings. The predicted octanol–water partition coefficient (Wildman–Crippen LogP) is 1.42. The number of nitrogens with zero attached hydrogens (tertiary/aromatic N) is 2. The second-order valence-electron chi connectivity index (χ2n) is 4.83. The summed E-state index contributed by atoms with van der Waals surface area (Å²) in [5, 5.41) is 17.1. The van der Waals surface area contributed by atoms with E-state index in [2.05, 4.69) is 29.5 Å². The van der Waals surface area contributed by atoms with Crippen LogP contribution in [-0.4, -0.2) is 27.5 Å². The Labute approximate surface area is 114 Å². The average molecular weight is 259 g/mol. The minimum Gasteiger partial charge on any atom is -0.395 e. The number of benzene rings is 1. The van der Waals surface area contributed by atoms with Crippen molar-refractivity contribution in [2.75, 3.05) is 6.61 Å². The lowest BCUT2D eigenvalue weighted by atomic mass is 10.1. The van der Waals surface area contributed by atoms with Gasteiger partial charge in [0.1, 0.15) is 0 Å². The van der Waals surface area contributed by atoms with Crippen LogP contribution in [0.2, 0.25) is 0 Å². The van der Waals surface area contributed by atoms with Gasteiger partial charge in [-0.05, 0) is 18.9 Å². The number of aromatic nitrogens is 2. The van der Waals surface area contributed by atoms with Gasteiger partial charge in [0.2, 0.25) is 0 Å². The molecule has 0 amide bonds. The zero-order valence-corrected chi connectivity index (χ0v) is 11.5. The zero-order chi connectivity index (χ0) is 13.7. The minimum absolute atomic E-state index is 0.0713. The van der Waals surface area contributed by atoms with E-state index in [1.807, 2.05) is 36.1 Å². The molecular weight excluding hydrogens is 238 g/mol. The Morgan fingerprint density at radius 2 is 2.05 bits per heavy atom. The van der Waals surface area contributed by atoms with Crippen LogP contribution < -0.4 is 5.32 Å². The highest BCUT2D eigenvalue weighted by Gasteiger charge is 2.10. The maximum absolute atomic E-state index is 9.46. The van der Waals surface area contributed by atoms with E-state index in [4.69, 9.17) is 0 Å². The molecule has 1 atom stereocenters. The van der Waals surface area contributed by atoms with Crippen LogP contribution in [-0.2, 0) is 20.0 Å². The number of rotatable bonds is 6. The average Bonchev–Trinajstić information content (AvgIpc) is 2.76. The van der Waals surface area contributed by atoms with Crippen molar-refractivity contribution in [1.82, 2.24) is 15.1 Å². The van der Waals surface area contributed by atoms with E-state index >= 15 is 0 Å². The van der Waals surface area contributed by atoms with Crippen molar-refractivity contribution < 1.29 is 5.11 Å². The van der Waals surface area contributed by atoms with E-state index in [0.717, 1.165) is 18.7 Å². The summed E-state index contributed by atoms with van der Waals surface area (Å²) in [6.45, 7) is 2.92. The highest BCUT2D eigenvalue weighted by Crippen LogP contribution is 2.07. The van der Waals surface area contributed by atoms with Crippen molar-refractivity contribution in [3.8, 4) is 0 Å². The number of aliphatic hydroxyl groups is 1. The Balaban J connectivity index is 1.91. The molecule has 1 aromatic carbocycles. The Hall–Kier alpha value is -1.65. The summed E-state index contributed by atoms with van der Waals surface area (Å²) in [6.07, 6.45) is 2.70. The molecule has 2 N–H and O–H groups in total. The van der Waals surface area contributed by atoms with Crippen LogP contribution in [0.5, 0.6) is 0 Å². The summed E-state index contributed by atoms with van der Waals surface area (Å²) in [7, 11) is 1.94. The third-order valence-corrected chi connectivity index (χ3v) is 3.46. The number of hydrogen-bond donors (Lipinski definition) is 2. The third kappa shape index (κ3) is 3.66. The van der Waals surface area contributed by atoms with Crippen LogP contribution in [0, 0.1) is 6.92 Å². The lowest BCUT2D eigenvalue weighted by Gasteiger charge is -2.16. The van der Waals surface area contributed by atoms with Crippen LogP contribution in [0.25, 0.3) is 0 Å². The molecule has 0 aliphatic carbocycles. The minimum atomic E-state index is 0.0713.